The van der Waals surface area contributed by atoms with Crippen LogP contribution >= 0.6 is 15.9 Å². The van der Waals surface area contributed by atoms with Gasteiger partial charge in [-0.3, -0.25) is 0 Å². The Morgan fingerprint density at radius 3 is 2.68 bits per heavy atom. The molecule has 108 valence electrons. The second-order valence-electron chi connectivity index (χ2n) is 5.64. The van der Waals surface area contributed by atoms with Gasteiger partial charge >= 0.3 is 0 Å². The molecule has 0 aliphatic heterocycles. The van der Waals surface area contributed by atoms with Gasteiger partial charge in [0.05, 0.1) is 11.7 Å². The Balaban J connectivity index is 2.06. The molecule has 1 aliphatic carbocycles. The largest absolute Gasteiger partial charge is 0.309 e. The summed E-state index contributed by atoms with van der Waals surface area (Å²) >= 11 is 3.54. The SMILES string of the molecule is CCCNC(CC1CCCCC1)c1c(Br)nnn1C. The molecule has 1 heterocycles. The molecule has 1 saturated carbocycles. The molecule has 0 amide bonds. The Labute approximate surface area is 124 Å². The zero-order valence-electron chi connectivity index (χ0n) is 12.0. The summed E-state index contributed by atoms with van der Waals surface area (Å²) in [5.41, 5.74) is 1.19. The Morgan fingerprint density at radius 1 is 1.37 bits per heavy atom. The van der Waals surface area contributed by atoms with E-state index >= 15 is 0 Å². The molecular weight excluding hydrogens is 304 g/mol. The van der Waals surface area contributed by atoms with E-state index in [0.717, 1.165) is 23.5 Å². The van der Waals surface area contributed by atoms with Crippen LogP contribution in [0.4, 0.5) is 0 Å². The van der Waals surface area contributed by atoms with Crippen LogP contribution in [0.2, 0.25) is 0 Å². The predicted molar refractivity (Wildman–Crippen MR) is 80.9 cm³/mol. The van der Waals surface area contributed by atoms with Gasteiger partial charge in [0.1, 0.15) is 0 Å². The van der Waals surface area contributed by atoms with Crippen LogP contribution < -0.4 is 5.32 Å². The van der Waals surface area contributed by atoms with E-state index < -0.39 is 0 Å². The molecular formula is C14H25BrN4. The van der Waals surface area contributed by atoms with Crippen molar-refractivity contribution >= 4 is 15.9 Å². The number of halogens is 1. The fourth-order valence-corrected chi connectivity index (χ4v) is 3.68. The van der Waals surface area contributed by atoms with E-state index in [0.29, 0.717) is 6.04 Å². The van der Waals surface area contributed by atoms with Gasteiger partial charge in [-0.25, -0.2) is 4.68 Å². The molecule has 1 aromatic heterocycles. The lowest BCUT2D eigenvalue weighted by atomic mass is 9.84. The highest BCUT2D eigenvalue weighted by Crippen LogP contribution is 2.33. The van der Waals surface area contributed by atoms with Crippen molar-refractivity contribution in [1.29, 1.82) is 0 Å². The maximum Gasteiger partial charge on any atom is 0.153 e. The van der Waals surface area contributed by atoms with Crippen molar-refractivity contribution < 1.29 is 0 Å². The molecule has 1 N–H and O–H groups in total. The van der Waals surface area contributed by atoms with Crippen molar-refractivity contribution in [2.24, 2.45) is 13.0 Å². The van der Waals surface area contributed by atoms with Gasteiger partial charge in [-0.15, -0.1) is 5.10 Å². The normalized spacial score (nSPS) is 18.7. The highest BCUT2D eigenvalue weighted by Gasteiger charge is 2.24. The summed E-state index contributed by atoms with van der Waals surface area (Å²) in [6.45, 7) is 3.26. The lowest BCUT2D eigenvalue weighted by Gasteiger charge is -2.27. The minimum absolute atomic E-state index is 0.373. The Hall–Kier alpha value is -0.420. The van der Waals surface area contributed by atoms with Gasteiger partial charge in [-0.05, 0) is 41.2 Å². The maximum atomic E-state index is 4.13. The van der Waals surface area contributed by atoms with Crippen LogP contribution in [-0.4, -0.2) is 21.5 Å². The third-order valence-electron chi connectivity index (χ3n) is 4.09. The molecule has 4 nitrogen and oxygen atoms in total. The first kappa shape index (κ1) is 15.0. The first-order valence-corrected chi connectivity index (χ1v) is 8.30. The molecule has 0 radical (unpaired) electrons. The predicted octanol–water partition coefficient (Wildman–Crippen LogP) is 3.59. The summed E-state index contributed by atoms with van der Waals surface area (Å²) in [6, 6.07) is 0.373. The molecule has 1 aliphatic rings. The number of hydrogen-bond donors (Lipinski definition) is 1. The Morgan fingerprint density at radius 2 is 2.11 bits per heavy atom. The number of aryl methyl sites for hydroxylation is 1. The fraction of sp³-hybridized carbons (Fsp3) is 0.857. The number of nitrogens with zero attached hydrogens (tertiary/aromatic N) is 3. The van der Waals surface area contributed by atoms with Crippen molar-refractivity contribution in [2.45, 2.75) is 57.9 Å². The van der Waals surface area contributed by atoms with E-state index in [1.54, 1.807) is 0 Å². The zero-order valence-corrected chi connectivity index (χ0v) is 13.6. The van der Waals surface area contributed by atoms with Gasteiger partial charge in [0.25, 0.3) is 0 Å². The van der Waals surface area contributed by atoms with Crippen LogP contribution in [0, 0.1) is 5.92 Å². The fourth-order valence-electron chi connectivity index (χ4n) is 3.07. The molecule has 2 rings (SSSR count). The van der Waals surface area contributed by atoms with Crippen molar-refractivity contribution in [3.8, 4) is 0 Å². The van der Waals surface area contributed by atoms with Crippen molar-refractivity contribution in [3.05, 3.63) is 10.3 Å². The third-order valence-corrected chi connectivity index (χ3v) is 4.66. The van der Waals surface area contributed by atoms with Crippen molar-refractivity contribution in [3.63, 3.8) is 0 Å². The first-order valence-electron chi connectivity index (χ1n) is 7.50. The minimum Gasteiger partial charge on any atom is -0.309 e. The van der Waals surface area contributed by atoms with E-state index in [-0.39, 0.29) is 0 Å². The molecule has 5 heteroatoms. The number of aromatic nitrogens is 3. The highest BCUT2D eigenvalue weighted by molar-refractivity contribution is 9.10. The zero-order chi connectivity index (χ0) is 13.7. The molecule has 1 aromatic rings. The Kier molecular flexibility index (Phi) is 5.82. The van der Waals surface area contributed by atoms with Crippen LogP contribution in [-0.2, 0) is 7.05 Å². The van der Waals surface area contributed by atoms with Crippen LogP contribution in [0.25, 0.3) is 0 Å². The third kappa shape index (κ3) is 4.02. The maximum absolute atomic E-state index is 4.13. The van der Waals surface area contributed by atoms with Crippen molar-refractivity contribution in [2.75, 3.05) is 6.54 Å². The van der Waals surface area contributed by atoms with Gasteiger partial charge < -0.3 is 5.32 Å². The summed E-state index contributed by atoms with van der Waals surface area (Å²) < 4.78 is 2.79. The van der Waals surface area contributed by atoms with E-state index in [1.807, 2.05) is 11.7 Å². The number of rotatable bonds is 6. The molecule has 0 spiro atoms. The van der Waals surface area contributed by atoms with E-state index in [9.17, 15) is 0 Å². The summed E-state index contributed by atoms with van der Waals surface area (Å²) in [5.74, 6) is 0.852. The highest BCUT2D eigenvalue weighted by atomic mass is 79.9. The van der Waals surface area contributed by atoms with Crippen LogP contribution in [0.3, 0.4) is 0 Å². The van der Waals surface area contributed by atoms with Gasteiger partial charge in [0.2, 0.25) is 0 Å². The van der Waals surface area contributed by atoms with Gasteiger partial charge in [0.15, 0.2) is 4.60 Å². The van der Waals surface area contributed by atoms with Crippen LogP contribution in [0.5, 0.6) is 0 Å². The standard InChI is InChI=1S/C14H25BrN4/c1-3-9-16-12(10-11-7-5-4-6-8-11)13-14(15)17-18-19(13)2/h11-12,16H,3-10H2,1-2H3. The molecule has 1 unspecified atom stereocenters. The summed E-state index contributed by atoms with van der Waals surface area (Å²) in [4.78, 5) is 0. The van der Waals surface area contributed by atoms with Gasteiger partial charge in [-0.1, -0.05) is 44.2 Å². The van der Waals surface area contributed by atoms with Gasteiger partial charge in [-0.2, -0.15) is 0 Å². The van der Waals surface area contributed by atoms with E-state index in [2.05, 4.69) is 38.5 Å². The summed E-state index contributed by atoms with van der Waals surface area (Å²) in [5, 5.41) is 11.9. The van der Waals surface area contributed by atoms with E-state index in [1.165, 1.54) is 44.2 Å². The summed E-state index contributed by atoms with van der Waals surface area (Å²) in [7, 11) is 1.98. The number of hydrogen-bond acceptors (Lipinski definition) is 3. The Bertz CT molecular complexity index is 365. The smallest absolute Gasteiger partial charge is 0.153 e. The van der Waals surface area contributed by atoms with Crippen LogP contribution in [0.1, 0.15) is 63.6 Å². The van der Waals surface area contributed by atoms with Gasteiger partial charge in [0, 0.05) is 7.05 Å². The second-order valence-corrected chi connectivity index (χ2v) is 6.39. The van der Waals surface area contributed by atoms with Crippen LogP contribution in [0.15, 0.2) is 4.60 Å². The molecule has 0 aromatic carbocycles. The van der Waals surface area contributed by atoms with E-state index in [4.69, 9.17) is 0 Å². The molecule has 19 heavy (non-hydrogen) atoms. The molecule has 1 fully saturated rings. The lowest BCUT2D eigenvalue weighted by molar-refractivity contribution is 0.294. The summed E-state index contributed by atoms with van der Waals surface area (Å²) in [6.07, 6.45) is 9.34. The van der Waals surface area contributed by atoms with Crippen molar-refractivity contribution in [1.82, 2.24) is 20.3 Å². The minimum atomic E-state index is 0.373. The topological polar surface area (TPSA) is 42.7 Å². The molecule has 1 atom stereocenters. The average molecular weight is 329 g/mol. The average Bonchev–Trinajstić information content (AvgIpc) is 2.75. The second kappa shape index (κ2) is 7.39. The molecule has 0 bridgehead atoms. The first-order chi connectivity index (χ1) is 9.22. The monoisotopic (exact) mass is 328 g/mol. The lowest BCUT2D eigenvalue weighted by Crippen LogP contribution is -2.27. The number of nitrogens with one attached hydrogen (secondary N) is 1. The quantitative estimate of drug-likeness (QED) is 0.867. The molecule has 0 saturated heterocycles.